The summed E-state index contributed by atoms with van der Waals surface area (Å²) in [4.78, 5) is 8.97. The Kier molecular flexibility index (Phi) is 4.55. The van der Waals surface area contributed by atoms with Crippen LogP contribution in [0, 0.1) is 6.92 Å². The Morgan fingerprint density at radius 1 is 1.30 bits per heavy atom. The molecule has 0 amide bonds. The van der Waals surface area contributed by atoms with E-state index in [1.54, 1.807) is 10.9 Å². The summed E-state index contributed by atoms with van der Waals surface area (Å²) in [6.45, 7) is 7.00. The molecule has 0 saturated heterocycles. The second-order valence-electron chi connectivity index (χ2n) is 4.65. The third-order valence-corrected chi connectivity index (χ3v) is 2.90. The van der Waals surface area contributed by atoms with Gasteiger partial charge in [0.2, 0.25) is 5.88 Å². The third-order valence-electron chi connectivity index (χ3n) is 2.90. The lowest BCUT2D eigenvalue weighted by Crippen LogP contribution is -2.08. The SMILES string of the molecule is CCCNc1nc(CC)nc(Oc2cnn(C)c2)c1C. The van der Waals surface area contributed by atoms with Crippen molar-refractivity contribution in [3.05, 3.63) is 23.8 Å². The molecule has 0 aliphatic heterocycles. The van der Waals surface area contributed by atoms with Gasteiger partial charge in [-0.3, -0.25) is 4.68 Å². The zero-order chi connectivity index (χ0) is 14.5. The van der Waals surface area contributed by atoms with Crippen molar-refractivity contribution >= 4 is 5.82 Å². The van der Waals surface area contributed by atoms with Gasteiger partial charge in [-0.2, -0.15) is 10.1 Å². The van der Waals surface area contributed by atoms with Crippen molar-refractivity contribution in [2.24, 2.45) is 7.05 Å². The maximum Gasteiger partial charge on any atom is 0.227 e. The molecule has 6 nitrogen and oxygen atoms in total. The molecule has 2 heterocycles. The minimum Gasteiger partial charge on any atom is -0.435 e. The van der Waals surface area contributed by atoms with Gasteiger partial charge in [0.25, 0.3) is 0 Å². The van der Waals surface area contributed by atoms with E-state index in [2.05, 4.69) is 27.3 Å². The molecule has 0 radical (unpaired) electrons. The summed E-state index contributed by atoms with van der Waals surface area (Å²) in [5.41, 5.74) is 0.916. The molecule has 0 bridgehead atoms. The largest absolute Gasteiger partial charge is 0.435 e. The van der Waals surface area contributed by atoms with Gasteiger partial charge in [-0.1, -0.05) is 13.8 Å². The average Bonchev–Trinajstić information content (AvgIpc) is 2.85. The number of ether oxygens (including phenoxy) is 1. The molecule has 0 fully saturated rings. The van der Waals surface area contributed by atoms with Crippen LogP contribution < -0.4 is 10.1 Å². The highest BCUT2D eigenvalue weighted by Crippen LogP contribution is 2.26. The van der Waals surface area contributed by atoms with E-state index < -0.39 is 0 Å². The lowest BCUT2D eigenvalue weighted by molar-refractivity contribution is 0.454. The predicted octanol–water partition coefficient (Wildman–Crippen LogP) is 2.70. The first-order chi connectivity index (χ1) is 9.63. The van der Waals surface area contributed by atoms with Gasteiger partial charge in [0.05, 0.1) is 18.0 Å². The minimum absolute atomic E-state index is 0.587. The Hall–Kier alpha value is -2.11. The second kappa shape index (κ2) is 6.36. The predicted molar refractivity (Wildman–Crippen MR) is 78.2 cm³/mol. The summed E-state index contributed by atoms with van der Waals surface area (Å²) in [5.74, 6) is 2.88. The molecular formula is C14H21N5O. The monoisotopic (exact) mass is 275 g/mol. The van der Waals surface area contributed by atoms with Crippen molar-refractivity contribution in [2.45, 2.75) is 33.6 Å². The van der Waals surface area contributed by atoms with Crippen molar-refractivity contribution in [1.29, 1.82) is 0 Å². The van der Waals surface area contributed by atoms with Crippen LogP contribution in [0.5, 0.6) is 11.6 Å². The first-order valence-corrected chi connectivity index (χ1v) is 6.91. The Labute approximate surface area is 119 Å². The minimum atomic E-state index is 0.587. The quantitative estimate of drug-likeness (QED) is 0.878. The summed E-state index contributed by atoms with van der Waals surface area (Å²) in [6, 6.07) is 0. The lowest BCUT2D eigenvalue weighted by Gasteiger charge is -2.12. The number of rotatable bonds is 6. The summed E-state index contributed by atoms with van der Waals surface area (Å²) in [7, 11) is 1.85. The van der Waals surface area contributed by atoms with Gasteiger partial charge in [-0.15, -0.1) is 0 Å². The van der Waals surface area contributed by atoms with E-state index in [-0.39, 0.29) is 0 Å². The van der Waals surface area contributed by atoms with Crippen LogP contribution in [0.1, 0.15) is 31.7 Å². The smallest absolute Gasteiger partial charge is 0.227 e. The normalized spacial score (nSPS) is 10.6. The van der Waals surface area contributed by atoms with Gasteiger partial charge in [0.1, 0.15) is 11.6 Å². The fraction of sp³-hybridized carbons (Fsp3) is 0.500. The molecule has 0 unspecified atom stereocenters. The van der Waals surface area contributed by atoms with E-state index in [0.717, 1.165) is 36.6 Å². The second-order valence-corrected chi connectivity index (χ2v) is 4.65. The first kappa shape index (κ1) is 14.3. The number of anilines is 1. The van der Waals surface area contributed by atoms with Gasteiger partial charge in [0, 0.05) is 20.0 Å². The molecule has 0 saturated carbocycles. The summed E-state index contributed by atoms with van der Waals surface area (Å²) in [6.07, 6.45) is 5.30. The van der Waals surface area contributed by atoms with Crippen LogP contribution in [0.3, 0.4) is 0 Å². The molecule has 0 aliphatic carbocycles. The van der Waals surface area contributed by atoms with Crippen LogP contribution >= 0.6 is 0 Å². The topological polar surface area (TPSA) is 64.9 Å². The molecular weight excluding hydrogens is 254 g/mol. The average molecular weight is 275 g/mol. The number of hydrogen-bond donors (Lipinski definition) is 1. The van der Waals surface area contributed by atoms with Gasteiger partial charge >= 0.3 is 0 Å². The maximum absolute atomic E-state index is 5.82. The van der Waals surface area contributed by atoms with Crippen LogP contribution in [0.15, 0.2) is 12.4 Å². The molecule has 0 atom stereocenters. The van der Waals surface area contributed by atoms with Crippen molar-refractivity contribution in [1.82, 2.24) is 19.7 Å². The molecule has 0 aliphatic rings. The van der Waals surface area contributed by atoms with E-state index in [1.165, 1.54) is 0 Å². The van der Waals surface area contributed by atoms with Crippen molar-refractivity contribution < 1.29 is 4.74 Å². The Morgan fingerprint density at radius 2 is 2.10 bits per heavy atom. The van der Waals surface area contributed by atoms with Crippen LogP contribution in [-0.2, 0) is 13.5 Å². The summed E-state index contributed by atoms with van der Waals surface area (Å²) < 4.78 is 7.52. The van der Waals surface area contributed by atoms with Crippen LogP contribution in [0.4, 0.5) is 5.82 Å². The van der Waals surface area contributed by atoms with E-state index in [4.69, 9.17) is 4.74 Å². The number of hydrogen-bond acceptors (Lipinski definition) is 5. The Morgan fingerprint density at radius 3 is 2.70 bits per heavy atom. The van der Waals surface area contributed by atoms with Crippen LogP contribution in [0.2, 0.25) is 0 Å². The highest BCUT2D eigenvalue weighted by molar-refractivity contribution is 5.49. The van der Waals surface area contributed by atoms with E-state index in [9.17, 15) is 0 Å². The molecule has 108 valence electrons. The Balaban J connectivity index is 2.30. The fourth-order valence-corrected chi connectivity index (χ4v) is 1.78. The van der Waals surface area contributed by atoms with Gasteiger partial charge < -0.3 is 10.1 Å². The summed E-state index contributed by atoms with van der Waals surface area (Å²) in [5, 5.41) is 7.41. The van der Waals surface area contributed by atoms with Crippen LogP contribution in [0.25, 0.3) is 0 Å². The van der Waals surface area contributed by atoms with Gasteiger partial charge in [0.15, 0.2) is 5.75 Å². The number of aryl methyl sites for hydroxylation is 2. The highest BCUT2D eigenvalue weighted by Gasteiger charge is 2.12. The molecule has 1 N–H and O–H groups in total. The van der Waals surface area contributed by atoms with Gasteiger partial charge in [-0.25, -0.2) is 4.98 Å². The number of nitrogens with one attached hydrogen (secondary N) is 1. The molecule has 6 heteroatoms. The number of nitrogens with zero attached hydrogens (tertiary/aromatic N) is 4. The molecule has 0 aromatic carbocycles. The van der Waals surface area contributed by atoms with E-state index in [1.807, 2.05) is 27.1 Å². The molecule has 2 rings (SSSR count). The first-order valence-electron chi connectivity index (χ1n) is 6.91. The van der Waals surface area contributed by atoms with Gasteiger partial charge in [-0.05, 0) is 13.3 Å². The zero-order valence-electron chi connectivity index (χ0n) is 12.5. The molecule has 2 aromatic rings. The van der Waals surface area contributed by atoms with Crippen molar-refractivity contribution in [2.75, 3.05) is 11.9 Å². The van der Waals surface area contributed by atoms with Crippen LogP contribution in [-0.4, -0.2) is 26.3 Å². The number of aromatic nitrogens is 4. The molecule has 20 heavy (non-hydrogen) atoms. The molecule has 0 spiro atoms. The third kappa shape index (κ3) is 3.26. The van der Waals surface area contributed by atoms with E-state index in [0.29, 0.717) is 11.6 Å². The summed E-state index contributed by atoms with van der Waals surface area (Å²) >= 11 is 0. The van der Waals surface area contributed by atoms with Crippen molar-refractivity contribution in [3.63, 3.8) is 0 Å². The van der Waals surface area contributed by atoms with Crippen molar-refractivity contribution in [3.8, 4) is 11.6 Å². The maximum atomic E-state index is 5.82. The lowest BCUT2D eigenvalue weighted by atomic mass is 10.3. The molecule has 2 aromatic heterocycles. The fourth-order valence-electron chi connectivity index (χ4n) is 1.78. The zero-order valence-corrected chi connectivity index (χ0v) is 12.5. The standard InChI is InChI=1S/C14H21N5O/c1-5-7-15-13-10(3)14(18-12(6-2)17-13)20-11-8-16-19(4)9-11/h8-9H,5-7H2,1-4H3,(H,15,17,18). The highest BCUT2D eigenvalue weighted by atomic mass is 16.5. The van der Waals surface area contributed by atoms with E-state index >= 15 is 0 Å². The Bertz CT molecular complexity index is 579.